The van der Waals surface area contributed by atoms with Gasteiger partial charge < -0.3 is 13.9 Å². The van der Waals surface area contributed by atoms with E-state index in [1.54, 1.807) is 0 Å². The molecule has 2 bridgehead atoms. The van der Waals surface area contributed by atoms with Crippen LogP contribution in [0.1, 0.15) is 39.7 Å². The monoisotopic (exact) mass is 402 g/mol. The summed E-state index contributed by atoms with van der Waals surface area (Å²) in [6, 6.07) is 10.1. The van der Waals surface area contributed by atoms with Gasteiger partial charge >= 0.3 is 5.97 Å². The van der Waals surface area contributed by atoms with Crippen LogP contribution in [0.2, 0.25) is 18.1 Å². The Labute approximate surface area is 170 Å². The van der Waals surface area contributed by atoms with Crippen LogP contribution in [0.4, 0.5) is 0 Å². The van der Waals surface area contributed by atoms with Crippen molar-refractivity contribution in [3.63, 3.8) is 0 Å². The van der Waals surface area contributed by atoms with Gasteiger partial charge in [0, 0.05) is 11.8 Å². The van der Waals surface area contributed by atoms with Crippen LogP contribution in [0.3, 0.4) is 0 Å². The molecule has 0 unspecified atom stereocenters. The second-order valence-corrected chi connectivity index (χ2v) is 14.8. The largest absolute Gasteiger partial charge is 0.461 e. The smallest absolute Gasteiger partial charge is 0.314 e. The number of ether oxygens (including phenoxy) is 2. The molecule has 28 heavy (non-hydrogen) atoms. The van der Waals surface area contributed by atoms with Crippen LogP contribution >= 0.6 is 0 Å². The number of esters is 1. The molecular formula is C23H34O4Si. The van der Waals surface area contributed by atoms with Crippen LogP contribution < -0.4 is 0 Å². The molecule has 2 aliphatic rings. The van der Waals surface area contributed by atoms with Gasteiger partial charge in [-0.3, -0.25) is 4.79 Å². The molecule has 1 aromatic carbocycles. The average molecular weight is 403 g/mol. The fourth-order valence-corrected chi connectivity index (χ4v) is 5.33. The Kier molecular flexibility index (Phi) is 5.65. The lowest BCUT2D eigenvalue weighted by molar-refractivity contribution is -0.143. The molecule has 0 aromatic heterocycles. The van der Waals surface area contributed by atoms with E-state index in [0.717, 1.165) is 11.1 Å². The third-order valence-corrected chi connectivity index (χ3v) is 11.4. The van der Waals surface area contributed by atoms with E-state index in [1.165, 1.54) is 0 Å². The molecule has 1 aromatic rings. The van der Waals surface area contributed by atoms with Crippen LogP contribution in [0, 0.1) is 11.3 Å². The van der Waals surface area contributed by atoms with E-state index < -0.39 is 13.7 Å². The number of rotatable bonds is 6. The lowest BCUT2D eigenvalue weighted by Crippen LogP contribution is -2.51. The van der Waals surface area contributed by atoms with Crippen LogP contribution in [-0.2, 0) is 25.3 Å². The molecule has 1 aliphatic carbocycles. The van der Waals surface area contributed by atoms with Crippen LogP contribution in [0.5, 0.6) is 0 Å². The zero-order valence-electron chi connectivity index (χ0n) is 18.1. The second-order valence-electron chi connectivity index (χ2n) is 10.0. The Morgan fingerprint density at radius 1 is 1.25 bits per heavy atom. The van der Waals surface area contributed by atoms with Crippen molar-refractivity contribution in [1.29, 1.82) is 0 Å². The fourth-order valence-electron chi connectivity index (χ4n) is 4.02. The molecule has 5 heteroatoms. The minimum atomic E-state index is -1.96. The summed E-state index contributed by atoms with van der Waals surface area (Å²) in [5, 5.41) is 0.108. The van der Waals surface area contributed by atoms with Crippen LogP contribution in [0.15, 0.2) is 42.5 Å². The Hall–Kier alpha value is -1.43. The van der Waals surface area contributed by atoms with Gasteiger partial charge in [0.2, 0.25) is 0 Å². The summed E-state index contributed by atoms with van der Waals surface area (Å²) in [4.78, 5) is 12.6. The fraction of sp³-hybridized carbons (Fsp3) is 0.609. The van der Waals surface area contributed by atoms with Crippen molar-refractivity contribution in [2.75, 3.05) is 6.61 Å². The van der Waals surface area contributed by atoms with E-state index in [1.807, 2.05) is 30.3 Å². The van der Waals surface area contributed by atoms with Crippen molar-refractivity contribution in [2.45, 2.75) is 71.1 Å². The summed E-state index contributed by atoms with van der Waals surface area (Å²) in [7, 11) is -1.96. The highest BCUT2D eigenvalue weighted by atomic mass is 28.4. The number of benzene rings is 1. The van der Waals surface area contributed by atoms with E-state index in [9.17, 15) is 4.79 Å². The lowest BCUT2D eigenvalue weighted by Gasteiger charge is -2.46. The molecule has 0 radical (unpaired) electrons. The molecule has 1 heterocycles. The lowest BCUT2D eigenvalue weighted by atomic mass is 9.65. The van der Waals surface area contributed by atoms with E-state index in [4.69, 9.17) is 13.9 Å². The molecule has 2 fully saturated rings. The van der Waals surface area contributed by atoms with Gasteiger partial charge in [-0.15, -0.1) is 0 Å². The first-order valence-electron chi connectivity index (χ1n) is 10.1. The van der Waals surface area contributed by atoms with Crippen molar-refractivity contribution in [3.8, 4) is 0 Å². The van der Waals surface area contributed by atoms with Crippen molar-refractivity contribution < 1.29 is 18.7 Å². The SMILES string of the molecule is C=C1[C@H]2C(=O)O[C@@H](C[C@H]1O[Si](C)(C)C(C)(C)C)[C@@]2(C)COCc1ccccc1. The molecule has 1 saturated carbocycles. The van der Waals surface area contributed by atoms with Crippen molar-refractivity contribution in [3.05, 3.63) is 48.0 Å². The zero-order chi connectivity index (χ0) is 20.7. The standard InChI is InChI=1S/C23H34O4Si/c1-16-18(27-28(6,7)22(2,3)4)13-19-23(5,20(16)21(24)26-19)15-25-14-17-11-9-8-10-12-17/h8-12,18-20H,1,13-15H2,2-7H3/t18-,19+,20+,23-/m1/s1. The summed E-state index contributed by atoms with van der Waals surface area (Å²) < 4.78 is 18.4. The normalized spacial score (nSPS) is 30.4. The predicted octanol–water partition coefficient (Wildman–Crippen LogP) is 5.10. The van der Waals surface area contributed by atoms with Gasteiger partial charge in [-0.05, 0) is 29.3 Å². The van der Waals surface area contributed by atoms with E-state index in [2.05, 4.69) is 47.4 Å². The van der Waals surface area contributed by atoms with Gasteiger partial charge in [0.25, 0.3) is 0 Å². The molecule has 1 saturated heterocycles. The third kappa shape index (κ3) is 3.85. The average Bonchev–Trinajstić information content (AvgIpc) is 2.74. The predicted molar refractivity (Wildman–Crippen MR) is 113 cm³/mol. The summed E-state index contributed by atoms with van der Waals surface area (Å²) in [6.45, 7) is 18.5. The molecule has 154 valence electrons. The van der Waals surface area contributed by atoms with Crippen molar-refractivity contribution in [1.82, 2.24) is 0 Å². The maximum absolute atomic E-state index is 12.6. The number of fused-ring (bicyclic) bond motifs is 2. The highest BCUT2D eigenvalue weighted by molar-refractivity contribution is 6.74. The van der Waals surface area contributed by atoms with Gasteiger partial charge in [-0.25, -0.2) is 0 Å². The van der Waals surface area contributed by atoms with Gasteiger partial charge in [0.1, 0.15) is 6.10 Å². The molecule has 1 aliphatic heterocycles. The first-order valence-corrected chi connectivity index (χ1v) is 13.1. The topological polar surface area (TPSA) is 44.8 Å². The van der Waals surface area contributed by atoms with Gasteiger partial charge in [0.15, 0.2) is 8.32 Å². The van der Waals surface area contributed by atoms with Crippen molar-refractivity contribution >= 4 is 14.3 Å². The summed E-state index contributed by atoms with van der Waals surface area (Å²) in [5.41, 5.74) is 1.59. The quantitative estimate of drug-likeness (QED) is 0.377. The summed E-state index contributed by atoms with van der Waals surface area (Å²) in [6.07, 6.45) is 0.351. The van der Waals surface area contributed by atoms with E-state index in [-0.39, 0.29) is 29.1 Å². The number of carbonyl (C=O) groups excluding carboxylic acids is 1. The Balaban J connectivity index is 1.71. The zero-order valence-corrected chi connectivity index (χ0v) is 19.1. The first kappa shape index (κ1) is 21.3. The molecule has 0 amide bonds. The third-order valence-electron chi connectivity index (χ3n) is 6.87. The number of carbonyl (C=O) groups is 1. The van der Waals surface area contributed by atoms with E-state index in [0.29, 0.717) is 19.6 Å². The van der Waals surface area contributed by atoms with Gasteiger partial charge in [-0.2, -0.15) is 0 Å². The van der Waals surface area contributed by atoms with E-state index >= 15 is 0 Å². The Bertz CT molecular complexity index is 737. The molecule has 0 N–H and O–H groups in total. The molecule has 4 nitrogen and oxygen atoms in total. The van der Waals surface area contributed by atoms with Gasteiger partial charge in [-0.1, -0.05) is 64.6 Å². The number of hydrogen-bond donors (Lipinski definition) is 0. The minimum Gasteiger partial charge on any atom is -0.461 e. The van der Waals surface area contributed by atoms with Crippen LogP contribution in [0.25, 0.3) is 0 Å². The summed E-state index contributed by atoms with van der Waals surface area (Å²) in [5.74, 6) is -0.543. The highest BCUT2D eigenvalue weighted by Gasteiger charge is 2.61. The maximum atomic E-state index is 12.6. The van der Waals surface area contributed by atoms with Crippen LogP contribution in [-0.4, -0.2) is 33.1 Å². The first-order chi connectivity index (χ1) is 13.0. The molecule has 3 rings (SSSR count). The summed E-state index contributed by atoms with van der Waals surface area (Å²) >= 11 is 0. The molecule has 0 spiro atoms. The second kappa shape index (κ2) is 7.43. The Morgan fingerprint density at radius 3 is 2.50 bits per heavy atom. The number of hydrogen-bond acceptors (Lipinski definition) is 4. The Morgan fingerprint density at radius 2 is 1.89 bits per heavy atom. The van der Waals surface area contributed by atoms with Crippen molar-refractivity contribution in [2.24, 2.45) is 11.3 Å². The molecular weight excluding hydrogens is 368 g/mol. The minimum absolute atomic E-state index is 0.108. The molecule has 4 atom stereocenters. The van der Waals surface area contributed by atoms with Gasteiger partial charge in [0.05, 0.1) is 25.2 Å². The highest BCUT2D eigenvalue weighted by Crippen LogP contribution is 2.53. The maximum Gasteiger partial charge on any atom is 0.314 e.